The first-order valence-corrected chi connectivity index (χ1v) is 8.96. The van der Waals surface area contributed by atoms with E-state index >= 15 is 0 Å². The monoisotopic (exact) mass is 354 g/mol. The number of methoxy groups -OCH3 is 1. The second-order valence-electron chi connectivity index (χ2n) is 6.48. The average molecular weight is 354 g/mol. The van der Waals surface area contributed by atoms with Gasteiger partial charge in [-0.15, -0.1) is 0 Å². The molecule has 6 heteroatoms. The van der Waals surface area contributed by atoms with Gasteiger partial charge >= 0.3 is 0 Å². The van der Waals surface area contributed by atoms with E-state index in [1.165, 1.54) is 0 Å². The zero-order valence-corrected chi connectivity index (χ0v) is 15.2. The van der Waals surface area contributed by atoms with Crippen LogP contribution in [0.1, 0.15) is 11.1 Å². The number of hydrogen-bond acceptors (Lipinski definition) is 5. The Hall–Kier alpha value is -2.44. The van der Waals surface area contributed by atoms with Gasteiger partial charge in [0.25, 0.3) is 0 Å². The number of piperazine rings is 1. The van der Waals surface area contributed by atoms with Crippen LogP contribution in [0.15, 0.2) is 48.7 Å². The number of aromatic nitrogens is 1. The summed E-state index contributed by atoms with van der Waals surface area (Å²) in [6.07, 6.45) is 1.82. The summed E-state index contributed by atoms with van der Waals surface area (Å²) in [5, 5.41) is 3.01. The molecular formula is C20H26N4O2. The Bertz CT molecular complexity index is 700. The Morgan fingerprint density at radius 1 is 1.12 bits per heavy atom. The van der Waals surface area contributed by atoms with E-state index in [4.69, 9.17) is 4.74 Å². The summed E-state index contributed by atoms with van der Waals surface area (Å²) >= 11 is 0. The predicted molar refractivity (Wildman–Crippen MR) is 102 cm³/mol. The highest BCUT2D eigenvalue weighted by molar-refractivity contribution is 5.78. The third-order valence-electron chi connectivity index (χ3n) is 4.50. The van der Waals surface area contributed by atoms with Crippen molar-refractivity contribution in [3.05, 3.63) is 59.8 Å². The maximum absolute atomic E-state index is 12.2. The first-order valence-electron chi connectivity index (χ1n) is 8.96. The Balaban J connectivity index is 1.41. The molecule has 3 rings (SSSR count). The lowest BCUT2D eigenvalue weighted by Crippen LogP contribution is -2.49. The molecule has 2 heterocycles. The van der Waals surface area contributed by atoms with Crippen molar-refractivity contribution in [3.63, 3.8) is 0 Å². The summed E-state index contributed by atoms with van der Waals surface area (Å²) in [6, 6.07) is 14.1. The quantitative estimate of drug-likeness (QED) is 0.820. The first kappa shape index (κ1) is 18.4. The van der Waals surface area contributed by atoms with Crippen molar-refractivity contribution in [1.29, 1.82) is 0 Å². The van der Waals surface area contributed by atoms with Gasteiger partial charge in [0.15, 0.2) is 0 Å². The van der Waals surface area contributed by atoms with E-state index in [-0.39, 0.29) is 5.91 Å². The Kier molecular flexibility index (Phi) is 6.57. The summed E-state index contributed by atoms with van der Waals surface area (Å²) in [7, 11) is 1.68. The van der Waals surface area contributed by atoms with Crippen LogP contribution in [0.25, 0.3) is 0 Å². The normalized spacial score (nSPS) is 15.0. The van der Waals surface area contributed by atoms with E-state index < -0.39 is 0 Å². The minimum atomic E-state index is 0.0634. The molecular weight excluding hydrogens is 328 g/mol. The second kappa shape index (κ2) is 9.31. The third-order valence-corrected chi connectivity index (χ3v) is 4.50. The molecule has 0 bridgehead atoms. The Morgan fingerprint density at radius 2 is 1.92 bits per heavy atom. The predicted octanol–water partition coefficient (Wildman–Crippen LogP) is 1.67. The van der Waals surface area contributed by atoms with Gasteiger partial charge in [0, 0.05) is 46.0 Å². The van der Waals surface area contributed by atoms with Crippen molar-refractivity contribution in [3.8, 4) is 0 Å². The van der Waals surface area contributed by atoms with E-state index in [0.29, 0.717) is 19.7 Å². The topological polar surface area (TPSA) is 57.7 Å². The number of carbonyl (C=O) groups is 1. The molecule has 0 unspecified atom stereocenters. The molecule has 6 nitrogen and oxygen atoms in total. The van der Waals surface area contributed by atoms with Crippen molar-refractivity contribution in [2.75, 3.05) is 44.7 Å². The maximum Gasteiger partial charge on any atom is 0.234 e. The van der Waals surface area contributed by atoms with Gasteiger partial charge in [0.05, 0.1) is 13.2 Å². The van der Waals surface area contributed by atoms with E-state index in [2.05, 4.69) is 26.2 Å². The fraction of sp³-hybridized carbons (Fsp3) is 0.400. The summed E-state index contributed by atoms with van der Waals surface area (Å²) in [6.45, 7) is 5.09. The molecule has 0 saturated carbocycles. The summed E-state index contributed by atoms with van der Waals surface area (Å²) < 4.78 is 5.15. The number of nitrogens with zero attached hydrogens (tertiary/aromatic N) is 3. The van der Waals surface area contributed by atoms with Gasteiger partial charge in [-0.3, -0.25) is 9.69 Å². The molecule has 1 amide bonds. The zero-order valence-electron chi connectivity index (χ0n) is 15.2. The molecule has 1 aromatic carbocycles. The number of carbonyl (C=O) groups excluding carboxylic acids is 1. The highest BCUT2D eigenvalue weighted by Gasteiger charge is 2.19. The fourth-order valence-electron chi connectivity index (χ4n) is 3.13. The van der Waals surface area contributed by atoms with Crippen LogP contribution in [0.3, 0.4) is 0 Å². The van der Waals surface area contributed by atoms with Crippen molar-refractivity contribution in [1.82, 2.24) is 15.2 Å². The lowest BCUT2D eigenvalue weighted by Gasteiger charge is -2.34. The Morgan fingerprint density at radius 3 is 2.65 bits per heavy atom. The molecule has 1 saturated heterocycles. The number of nitrogens with one attached hydrogen (secondary N) is 1. The first-order chi connectivity index (χ1) is 12.7. The standard InChI is InChI=1S/C20H26N4O2/c1-26-16-18-6-4-5-17(13-18)14-22-20(25)15-23-9-11-24(12-10-23)19-7-2-3-8-21-19/h2-8,13H,9-12,14-16H2,1H3,(H,22,25). The van der Waals surface area contributed by atoms with Gasteiger partial charge in [-0.25, -0.2) is 4.98 Å². The van der Waals surface area contributed by atoms with Gasteiger partial charge in [-0.1, -0.05) is 30.3 Å². The number of amides is 1. The van der Waals surface area contributed by atoms with Crippen LogP contribution in [0.2, 0.25) is 0 Å². The smallest absolute Gasteiger partial charge is 0.234 e. The van der Waals surface area contributed by atoms with Crippen molar-refractivity contribution in [2.24, 2.45) is 0 Å². The maximum atomic E-state index is 12.2. The van der Waals surface area contributed by atoms with Gasteiger partial charge in [-0.2, -0.15) is 0 Å². The molecule has 1 aliphatic heterocycles. The van der Waals surface area contributed by atoms with Crippen LogP contribution in [-0.2, 0) is 22.7 Å². The average Bonchev–Trinajstić information content (AvgIpc) is 2.68. The SMILES string of the molecule is COCc1cccc(CNC(=O)CN2CCN(c3ccccn3)CC2)c1. The molecule has 2 aromatic rings. The second-order valence-corrected chi connectivity index (χ2v) is 6.48. The minimum absolute atomic E-state index is 0.0634. The van der Waals surface area contributed by atoms with Gasteiger partial charge in [-0.05, 0) is 23.3 Å². The fourth-order valence-corrected chi connectivity index (χ4v) is 3.13. The number of hydrogen-bond donors (Lipinski definition) is 1. The minimum Gasteiger partial charge on any atom is -0.380 e. The van der Waals surface area contributed by atoms with Crippen LogP contribution in [-0.4, -0.2) is 55.6 Å². The molecule has 1 aliphatic rings. The van der Waals surface area contributed by atoms with Crippen LogP contribution in [0.4, 0.5) is 5.82 Å². The molecule has 0 spiro atoms. The molecule has 0 radical (unpaired) electrons. The number of pyridine rings is 1. The largest absolute Gasteiger partial charge is 0.380 e. The van der Waals surface area contributed by atoms with Gasteiger partial charge in [0.1, 0.15) is 5.82 Å². The molecule has 138 valence electrons. The number of benzene rings is 1. The van der Waals surface area contributed by atoms with Crippen molar-refractivity contribution in [2.45, 2.75) is 13.2 Å². The highest BCUT2D eigenvalue weighted by Crippen LogP contribution is 2.12. The van der Waals surface area contributed by atoms with Crippen LogP contribution in [0, 0.1) is 0 Å². The summed E-state index contributed by atoms with van der Waals surface area (Å²) in [5.41, 5.74) is 2.21. The molecule has 1 fully saturated rings. The molecule has 0 atom stereocenters. The molecule has 1 aromatic heterocycles. The van der Waals surface area contributed by atoms with Gasteiger partial charge in [0.2, 0.25) is 5.91 Å². The zero-order chi connectivity index (χ0) is 18.2. The van der Waals surface area contributed by atoms with E-state index in [1.807, 2.05) is 42.6 Å². The summed E-state index contributed by atoms with van der Waals surface area (Å²) in [4.78, 5) is 21.1. The van der Waals surface area contributed by atoms with E-state index in [0.717, 1.165) is 43.1 Å². The van der Waals surface area contributed by atoms with Crippen LogP contribution in [0.5, 0.6) is 0 Å². The van der Waals surface area contributed by atoms with Crippen LogP contribution >= 0.6 is 0 Å². The number of anilines is 1. The number of ether oxygens (including phenoxy) is 1. The lowest BCUT2D eigenvalue weighted by molar-refractivity contribution is -0.122. The van der Waals surface area contributed by atoms with Crippen molar-refractivity contribution < 1.29 is 9.53 Å². The lowest BCUT2D eigenvalue weighted by atomic mass is 10.1. The van der Waals surface area contributed by atoms with E-state index in [1.54, 1.807) is 7.11 Å². The molecule has 0 aliphatic carbocycles. The highest BCUT2D eigenvalue weighted by atomic mass is 16.5. The molecule has 26 heavy (non-hydrogen) atoms. The Labute approximate surface area is 154 Å². The van der Waals surface area contributed by atoms with E-state index in [9.17, 15) is 4.79 Å². The molecule has 1 N–H and O–H groups in total. The van der Waals surface area contributed by atoms with Gasteiger partial charge < -0.3 is 15.0 Å². The third kappa shape index (κ3) is 5.28. The number of rotatable bonds is 7. The van der Waals surface area contributed by atoms with Crippen molar-refractivity contribution >= 4 is 11.7 Å². The van der Waals surface area contributed by atoms with Crippen LogP contribution < -0.4 is 10.2 Å². The summed E-state index contributed by atoms with van der Waals surface area (Å²) in [5.74, 6) is 1.07.